The summed E-state index contributed by atoms with van der Waals surface area (Å²) in [5, 5.41) is 2.43. The lowest BCUT2D eigenvalue weighted by Crippen LogP contribution is -2.30. The molecule has 7 nitrogen and oxygen atoms in total. The number of esters is 1. The maximum absolute atomic E-state index is 11.9. The highest BCUT2D eigenvalue weighted by Crippen LogP contribution is 2.10. The van der Waals surface area contributed by atoms with Crippen LogP contribution in [0.1, 0.15) is 17.3 Å². The summed E-state index contributed by atoms with van der Waals surface area (Å²) in [6.45, 7) is 1.37. The number of amides is 1. The van der Waals surface area contributed by atoms with Crippen LogP contribution in [0.15, 0.2) is 29.2 Å². The van der Waals surface area contributed by atoms with E-state index in [0.717, 1.165) is 0 Å². The Bertz CT molecular complexity index is 580. The fraction of sp³-hybridized carbons (Fsp3) is 0.333. The predicted octanol–water partition coefficient (Wildman–Crippen LogP) is -0.112. The molecule has 0 radical (unpaired) electrons. The second-order valence-electron chi connectivity index (χ2n) is 3.73. The van der Waals surface area contributed by atoms with Gasteiger partial charge in [0, 0.05) is 12.6 Å². The van der Waals surface area contributed by atoms with E-state index >= 15 is 0 Å². The van der Waals surface area contributed by atoms with Crippen LogP contribution in [0.5, 0.6) is 0 Å². The molecule has 0 unspecified atom stereocenters. The number of hydrogen-bond donors (Lipinski definition) is 2. The van der Waals surface area contributed by atoms with Crippen LogP contribution in [-0.2, 0) is 19.6 Å². The van der Waals surface area contributed by atoms with Crippen LogP contribution >= 0.6 is 0 Å². The number of benzene rings is 1. The molecular formula is C12H16N2O5S. The zero-order chi connectivity index (χ0) is 15.2. The predicted molar refractivity (Wildman–Crippen MR) is 71.7 cm³/mol. The molecule has 1 aromatic rings. The molecule has 0 heterocycles. The molecule has 20 heavy (non-hydrogen) atoms. The molecule has 0 fully saturated rings. The molecule has 0 atom stereocenters. The van der Waals surface area contributed by atoms with Crippen molar-refractivity contribution in [1.29, 1.82) is 0 Å². The first-order valence-electron chi connectivity index (χ1n) is 5.88. The van der Waals surface area contributed by atoms with E-state index in [-0.39, 0.29) is 17.4 Å². The summed E-state index contributed by atoms with van der Waals surface area (Å²) in [5.41, 5.74) is 0.344. The van der Waals surface area contributed by atoms with Gasteiger partial charge in [-0.15, -0.1) is 0 Å². The molecule has 1 aromatic carbocycles. The summed E-state index contributed by atoms with van der Waals surface area (Å²) in [6.07, 6.45) is 0. The molecule has 1 rings (SSSR count). The van der Waals surface area contributed by atoms with E-state index < -0.39 is 22.5 Å². The Morgan fingerprint density at radius 1 is 1.20 bits per heavy atom. The van der Waals surface area contributed by atoms with E-state index in [2.05, 4.69) is 14.8 Å². The number of rotatable bonds is 6. The molecule has 2 N–H and O–H groups in total. The first-order chi connectivity index (χ1) is 9.40. The summed E-state index contributed by atoms with van der Waals surface area (Å²) in [7, 11) is -2.33. The van der Waals surface area contributed by atoms with Crippen LogP contribution in [0, 0.1) is 0 Å². The van der Waals surface area contributed by atoms with Gasteiger partial charge in [-0.05, 0) is 31.2 Å². The lowest BCUT2D eigenvalue weighted by Gasteiger charge is -2.07. The molecule has 0 spiro atoms. The van der Waals surface area contributed by atoms with Gasteiger partial charge < -0.3 is 10.1 Å². The lowest BCUT2D eigenvalue weighted by atomic mass is 10.2. The summed E-state index contributed by atoms with van der Waals surface area (Å²) < 4.78 is 30.5. The van der Waals surface area contributed by atoms with E-state index in [0.29, 0.717) is 5.56 Å². The molecule has 0 saturated heterocycles. The summed E-state index contributed by atoms with van der Waals surface area (Å²) >= 11 is 0. The van der Waals surface area contributed by atoms with Crippen molar-refractivity contribution in [3.05, 3.63) is 29.8 Å². The van der Waals surface area contributed by atoms with Crippen LogP contribution in [0.2, 0.25) is 0 Å². The Morgan fingerprint density at radius 2 is 1.80 bits per heavy atom. The largest absolute Gasteiger partial charge is 0.465 e. The quantitative estimate of drug-likeness (QED) is 0.714. The third kappa shape index (κ3) is 4.32. The van der Waals surface area contributed by atoms with Gasteiger partial charge in [0.15, 0.2) is 0 Å². The Labute approximate surface area is 117 Å². The van der Waals surface area contributed by atoms with Crippen molar-refractivity contribution >= 4 is 21.9 Å². The van der Waals surface area contributed by atoms with E-state index in [1.165, 1.54) is 31.3 Å². The highest BCUT2D eigenvalue weighted by atomic mass is 32.2. The Morgan fingerprint density at radius 3 is 2.30 bits per heavy atom. The normalized spacial score (nSPS) is 10.9. The highest BCUT2D eigenvalue weighted by Gasteiger charge is 2.16. The Hall–Kier alpha value is -1.93. The average molecular weight is 300 g/mol. The van der Waals surface area contributed by atoms with Gasteiger partial charge in [-0.1, -0.05) is 0 Å². The molecule has 0 aromatic heterocycles. The fourth-order valence-corrected chi connectivity index (χ4v) is 2.35. The van der Waals surface area contributed by atoms with E-state index in [9.17, 15) is 18.0 Å². The summed E-state index contributed by atoms with van der Waals surface area (Å²) in [6, 6.07) is 5.35. The first kappa shape index (κ1) is 16.1. The van der Waals surface area contributed by atoms with Crippen molar-refractivity contribution < 1.29 is 22.7 Å². The second kappa shape index (κ2) is 7.01. The van der Waals surface area contributed by atoms with Crippen LogP contribution < -0.4 is 10.0 Å². The summed E-state index contributed by atoms with van der Waals surface area (Å²) in [5.74, 6) is -0.966. The molecular weight excluding hydrogens is 284 g/mol. The molecule has 8 heteroatoms. The lowest BCUT2D eigenvalue weighted by molar-refractivity contribution is -0.141. The Balaban J connectivity index is 2.78. The standard InChI is InChI=1S/C12H16N2O5S/c1-3-19-11(15)8-14-20(17,18)10-6-4-9(5-7-10)12(16)13-2/h4-7,14H,3,8H2,1-2H3,(H,13,16). The van der Waals surface area contributed by atoms with Crippen molar-refractivity contribution in [1.82, 2.24) is 10.0 Å². The molecule has 0 bridgehead atoms. The van der Waals surface area contributed by atoms with Gasteiger partial charge in [0.25, 0.3) is 5.91 Å². The van der Waals surface area contributed by atoms with E-state index in [1.54, 1.807) is 6.92 Å². The maximum atomic E-state index is 11.9. The van der Waals surface area contributed by atoms with Gasteiger partial charge in [-0.3, -0.25) is 9.59 Å². The van der Waals surface area contributed by atoms with Crippen LogP contribution in [0.25, 0.3) is 0 Å². The Kier molecular flexibility index (Phi) is 5.66. The highest BCUT2D eigenvalue weighted by molar-refractivity contribution is 7.89. The monoisotopic (exact) mass is 300 g/mol. The summed E-state index contributed by atoms with van der Waals surface area (Å²) in [4.78, 5) is 22.4. The minimum Gasteiger partial charge on any atom is -0.465 e. The van der Waals surface area contributed by atoms with Gasteiger partial charge in [0.2, 0.25) is 10.0 Å². The zero-order valence-corrected chi connectivity index (χ0v) is 12.0. The number of ether oxygens (including phenoxy) is 1. The van der Waals surface area contributed by atoms with Crippen LogP contribution in [0.3, 0.4) is 0 Å². The molecule has 0 aliphatic heterocycles. The smallest absolute Gasteiger partial charge is 0.321 e. The van der Waals surface area contributed by atoms with E-state index in [1.807, 2.05) is 0 Å². The van der Waals surface area contributed by atoms with Crippen molar-refractivity contribution in [2.75, 3.05) is 20.2 Å². The minimum absolute atomic E-state index is 0.0329. The topological polar surface area (TPSA) is 102 Å². The number of hydrogen-bond acceptors (Lipinski definition) is 5. The molecule has 1 amide bonds. The fourth-order valence-electron chi connectivity index (χ4n) is 1.38. The van der Waals surface area contributed by atoms with Gasteiger partial charge in [0.1, 0.15) is 6.54 Å². The third-order valence-electron chi connectivity index (χ3n) is 2.37. The van der Waals surface area contributed by atoms with Gasteiger partial charge in [0.05, 0.1) is 11.5 Å². The van der Waals surface area contributed by atoms with E-state index in [4.69, 9.17) is 0 Å². The number of sulfonamides is 1. The molecule has 0 aliphatic rings. The van der Waals surface area contributed by atoms with Gasteiger partial charge in [-0.25, -0.2) is 8.42 Å². The number of carbonyl (C=O) groups excluding carboxylic acids is 2. The SMILES string of the molecule is CCOC(=O)CNS(=O)(=O)c1ccc(C(=O)NC)cc1. The van der Waals surface area contributed by atoms with Gasteiger partial charge >= 0.3 is 5.97 Å². The first-order valence-corrected chi connectivity index (χ1v) is 7.36. The molecule has 0 aliphatic carbocycles. The average Bonchev–Trinajstić information content (AvgIpc) is 2.45. The van der Waals surface area contributed by atoms with Crippen LogP contribution in [-0.4, -0.2) is 40.5 Å². The number of carbonyl (C=O) groups is 2. The third-order valence-corrected chi connectivity index (χ3v) is 3.78. The van der Waals surface area contributed by atoms with Crippen molar-refractivity contribution in [2.45, 2.75) is 11.8 Å². The van der Waals surface area contributed by atoms with Crippen molar-refractivity contribution in [2.24, 2.45) is 0 Å². The molecule has 0 saturated carbocycles. The van der Waals surface area contributed by atoms with Crippen molar-refractivity contribution in [3.8, 4) is 0 Å². The van der Waals surface area contributed by atoms with Gasteiger partial charge in [-0.2, -0.15) is 4.72 Å². The minimum atomic E-state index is -3.81. The number of nitrogens with one attached hydrogen (secondary N) is 2. The zero-order valence-electron chi connectivity index (χ0n) is 11.2. The molecule has 110 valence electrons. The second-order valence-corrected chi connectivity index (χ2v) is 5.50. The van der Waals surface area contributed by atoms with Crippen molar-refractivity contribution in [3.63, 3.8) is 0 Å². The van der Waals surface area contributed by atoms with Crippen LogP contribution in [0.4, 0.5) is 0 Å². The maximum Gasteiger partial charge on any atom is 0.321 e.